The highest BCUT2D eigenvalue weighted by atomic mass is 32.2. The van der Waals surface area contributed by atoms with Crippen LogP contribution in [0.1, 0.15) is 33.1 Å². The molecular weight excluding hydrogens is 230 g/mol. The van der Waals surface area contributed by atoms with E-state index in [1.165, 1.54) is 0 Å². The minimum atomic E-state index is -3.27. The first kappa shape index (κ1) is 13.9. The quantitative estimate of drug-likeness (QED) is 0.734. The Balaban J connectivity index is 2.49. The van der Waals surface area contributed by atoms with Gasteiger partial charge in [-0.3, -0.25) is 0 Å². The maximum atomic E-state index is 11.9. The summed E-state index contributed by atoms with van der Waals surface area (Å²) >= 11 is 0. The summed E-state index contributed by atoms with van der Waals surface area (Å²) in [4.78, 5) is 0. The molecule has 16 heavy (non-hydrogen) atoms. The number of nitrogens with one attached hydrogen (secondary N) is 1. The minimum Gasteiger partial charge on any atom is -0.393 e. The van der Waals surface area contributed by atoms with Gasteiger partial charge in [0, 0.05) is 19.3 Å². The van der Waals surface area contributed by atoms with Gasteiger partial charge in [0.05, 0.1) is 11.4 Å². The number of ether oxygens (including phenoxy) is 1. The molecule has 2 N–H and O–H groups in total. The van der Waals surface area contributed by atoms with Gasteiger partial charge in [-0.05, 0) is 33.1 Å². The van der Waals surface area contributed by atoms with Gasteiger partial charge in [-0.1, -0.05) is 0 Å². The summed E-state index contributed by atoms with van der Waals surface area (Å²) in [6, 6.07) is -0.229. The first-order valence-electron chi connectivity index (χ1n) is 5.69. The lowest BCUT2D eigenvalue weighted by Gasteiger charge is -2.24. The first-order valence-corrected chi connectivity index (χ1v) is 7.23. The second kappa shape index (κ2) is 5.95. The zero-order valence-corrected chi connectivity index (χ0v) is 10.7. The van der Waals surface area contributed by atoms with Gasteiger partial charge in [0.2, 0.25) is 10.0 Å². The van der Waals surface area contributed by atoms with Crippen molar-refractivity contribution < 1.29 is 18.3 Å². The first-order chi connectivity index (χ1) is 7.42. The van der Waals surface area contributed by atoms with E-state index in [0.717, 1.165) is 0 Å². The monoisotopic (exact) mass is 251 g/mol. The summed E-state index contributed by atoms with van der Waals surface area (Å²) in [7, 11) is -3.27. The van der Waals surface area contributed by atoms with Crippen LogP contribution in [0.5, 0.6) is 0 Å². The molecule has 1 fully saturated rings. The molecule has 0 amide bonds. The molecule has 96 valence electrons. The van der Waals surface area contributed by atoms with Crippen LogP contribution in [0.25, 0.3) is 0 Å². The Morgan fingerprint density at radius 1 is 1.38 bits per heavy atom. The fraction of sp³-hybridized carbons (Fsp3) is 1.00. The summed E-state index contributed by atoms with van der Waals surface area (Å²) in [5.41, 5.74) is 0. The predicted octanol–water partition coefficient (Wildman–Crippen LogP) is 0.244. The van der Waals surface area contributed by atoms with E-state index in [1.807, 2.05) is 0 Å². The van der Waals surface area contributed by atoms with E-state index in [-0.39, 0.29) is 11.3 Å². The Morgan fingerprint density at radius 2 is 1.94 bits per heavy atom. The van der Waals surface area contributed by atoms with Crippen LogP contribution in [0, 0.1) is 0 Å². The Morgan fingerprint density at radius 3 is 2.44 bits per heavy atom. The second-order valence-electron chi connectivity index (χ2n) is 4.46. The van der Waals surface area contributed by atoms with Gasteiger partial charge in [-0.15, -0.1) is 0 Å². The predicted molar refractivity (Wildman–Crippen MR) is 61.7 cm³/mol. The summed E-state index contributed by atoms with van der Waals surface area (Å²) in [6.45, 7) is 4.44. The molecule has 1 rings (SSSR count). The molecule has 2 unspecified atom stereocenters. The molecule has 6 heteroatoms. The maximum absolute atomic E-state index is 11.9. The van der Waals surface area contributed by atoms with Crippen molar-refractivity contribution in [2.75, 3.05) is 13.2 Å². The number of hydrogen-bond acceptors (Lipinski definition) is 4. The number of aliphatic hydroxyl groups is 1. The maximum Gasteiger partial charge on any atom is 0.214 e. The molecule has 0 spiro atoms. The molecule has 0 aliphatic carbocycles. The highest BCUT2D eigenvalue weighted by Crippen LogP contribution is 2.15. The molecule has 0 aromatic carbocycles. The largest absolute Gasteiger partial charge is 0.393 e. The van der Waals surface area contributed by atoms with Gasteiger partial charge in [0.25, 0.3) is 0 Å². The lowest BCUT2D eigenvalue weighted by molar-refractivity contribution is 0.0980. The van der Waals surface area contributed by atoms with Crippen molar-refractivity contribution in [3.8, 4) is 0 Å². The van der Waals surface area contributed by atoms with E-state index >= 15 is 0 Å². The third-order valence-electron chi connectivity index (χ3n) is 2.67. The lowest BCUT2D eigenvalue weighted by Crippen LogP contribution is -2.42. The molecular formula is C10H21NO4S. The number of rotatable bonds is 5. The Hall–Kier alpha value is -0.170. The summed E-state index contributed by atoms with van der Waals surface area (Å²) in [5.74, 6) is 0. The van der Waals surface area contributed by atoms with Crippen molar-refractivity contribution in [1.82, 2.24) is 4.72 Å². The number of sulfonamides is 1. The zero-order valence-electron chi connectivity index (χ0n) is 9.85. The third kappa shape index (κ3) is 4.37. The van der Waals surface area contributed by atoms with Crippen LogP contribution in [0.15, 0.2) is 0 Å². The molecule has 1 heterocycles. The molecule has 1 aliphatic heterocycles. The second-order valence-corrected chi connectivity index (χ2v) is 6.45. The molecule has 1 aliphatic rings. The number of aliphatic hydroxyl groups excluding tert-OH is 1. The minimum absolute atomic E-state index is 0.229. The normalized spacial score (nSPS) is 22.9. The molecule has 1 saturated heterocycles. The summed E-state index contributed by atoms with van der Waals surface area (Å²) in [6.07, 6.45) is 1.04. The van der Waals surface area contributed by atoms with E-state index < -0.39 is 16.1 Å². The van der Waals surface area contributed by atoms with Crippen LogP contribution in [0.2, 0.25) is 0 Å². The van der Waals surface area contributed by atoms with Gasteiger partial charge in [0.15, 0.2) is 0 Å². The van der Waals surface area contributed by atoms with E-state index in [0.29, 0.717) is 32.5 Å². The van der Waals surface area contributed by atoms with Gasteiger partial charge in [0.1, 0.15) is 0 Å². The van der Waals surface area contributed by atoms with Crippen molar-refractivity contribution in [2.24, 2.45) is 0 Å². The van der Waals surface area contributed by atoms with Gasteiger partial charge < -0.3 is 9.84 Å². The molecule has 0 aromatic rings. The molecule has 5 nitrogen and oxygen atoms in total. The van der Waals surface area contributed by atoms with Crippen molar-refractivity contribution in [2.45, 2.75) is 50.5 Å². The van der Waals surface area contributed by atoms with E-state index in [9.17, 15) is 13.5 Å². The average Bonchev–Trinajstić information content (AvgIpc) is 2.16. The zero-order chi connectivity index (χ0) is 12.2. The smallest absolute Gasteiger partial charge is 0.214 e. The summed E-state index contributed by atoms with van der Waals surface area (Å²) in [5, 5.41) is 8.83. The van der Waals surface area contributed by atoms with Crippen molar-refractivity contribution in [3.63, 3.8) is 0 Å². The van der Waals surface area contributed by atoms with E-state index in [4.69, 9.17) is 4.74 Å². The number of hydrogen-bond donors (Lipinski definition) is 2. The third-order valence-corrected chi connectivity index (χ3v) is 4.75. The van der Waals surface area contributed by atoms with Crippen LogP contribution < -0.4 is 4.72 Å². The van der Waals surface area contributed by atoms with Gasteiger partial charge in [-0.2, -0.15) is 0 Å². The average molecular weight is 251 g/mol. The molecule has 2 atom stereocenters. The highest BCUT2D eigenvalue weighted by Gasteiger charge is 2.28. The fourth-order valence-corrected chi connectivity index (χ4v) is 3.59. The van der Waals surface area contributed by atoms with Crippen molar-refractivity contribution >= 4 is 10.0 Å². The van der Waals surface area contributed by atoms with Crippen LogP contribution in [0.4, 0.5) is 0 Å². The standard InChI is InChI=1S/C10H21NO4S/c1-8(7-9(2)12)11-16(13,14)10-3-5-15-6-4-10/h8-12H,3-7H2,1-2H3. The molecule has 0 aromatic heterocycles. The molecule has 0 radical (unpaired) electrons. The topological polar surface area (TPSA) is 75.6 Å². The van der Waals surface area contributed by atoms with E-state index in [1.54, 1.807) is 13.8 Å². The van der Waals surface area contributed by atoms with Crippen LogP contribution >= 0.6 is 0 Å². The van der Waals surface area contributed by atoms with Crippen LogP contribution in [0.3, 0.4) is 0 Å². The van der Waals surface area contributed by atoms with Crippen LogP contribution in [-0.2, 0) is 14.8 Å². The fourth-order valence-electron chi connectivity index (χ4n) is 1.92. The van der Waals surface area contributed by atoms with Crippen molar-refractivity contribution in [3.05, 3.63) is 0 Å². The van der Waals surface area contributed by atoms with E-state index in [2.05, 4.69) is 4.72 Å². The Labute approximate surface area is 97.2 Å². The summed E-state index contributed by atoms with van der Waals surface area (Å²) < 4.78 is 31.6. The van der Waals surface area contributed by atoms with Crippen LogP contribution in [-0.4, -0.2) is 44.1 Å². The van der Waals surface area contributed by atoms with Gasteiger partial charge in [-0.25, -0.2) is 13.1 Å². The SMILES string of the molecule is CC(O)CC(C)NS(=O)(=O)C1CCOCC1. The molecule has 0 bridgehead atoms. The Bertz CT molecular complexity index is 296. The lowest BCUT2D eigenvalue weighted by atomic mass is 10.2. The van der Waals surface area contributed by atoms with Crippen molar-refractivity contribution in [1.29, 1.82) is 0 Å². The highest BCUT2D eigenvalue weighted by molar-refractivity contribution is 7.90. The van der Waals surface area contributed by atoms with Gasteiger partial charge >= 0.3 is 0 Å². The Kier molecular flexibility index (Phi) is 5.17. The molecule has 0 saturated carbocycles.